The van der Waals surface area contributed by atoms with Crippen LogP contribution < -0.4 is 0 Å². The number of rotatable bonds is 3. The summed E-state index contributed by atoms with van der Waals surface area (Å²) in [4.78, 5) is 14.8. The molecule has 1 aromatic carbocycles. The van der Waals surface area contributed by atoms with Crippen LogP contribution in [0.2, 0.25) is 0 Å². The summed E-state index contributed by atoms with van der Waals surface area (Å²) in [5.41, 5.74) is 1.41. The van der Waals surface area contributed by atoms with E-state index in [0.29, 0.717) is 5.69 Å². The molecule has 3 aromatic rings. The number of aromatic amines is 1. The van der Waals surface area contributed by atoms with Gasteiger partial charge in [-0.15, -0.1) is 0 Å². The van der Waals surface area contributed by atoms with E-state index in [1.54, 1.807) is 6.20 Å². The van der Waals surface area contributed by atoms with Crippen molar-refractivity contribution in [3.63, 3.8) is 0 Å². The molecule has 0 spiro atoms. The molecule has 2 aromatic heterocycles. The first-order valence-electron chi connectivity index (χ1n) is 7.54. The quantitative estimate of drug-likeness (QED) is 0.804. The van der Waals surface area contributed by atoms with Gasteiger partial charge in [-0.25, -0.2) is 0 Å². The minimum atomic E-state index is 0.00658. The molecule has 3 heterocycles. The number of amides is 1. The second-order valence-corrected chi connectivity index (χ2v) is 5.64. The van der Waals surface area contributed by atoms with Crippen LogP contribution in [0.15, 0.2) is 42.7 Å². The maximum Gasteiger partial charge on any atom is 0.275 e. The number of carbonyl (C=O) groups excluding carboxylic acids is 1. The van der Waals surface area contributed by atoms with Gasteiger partial charge < -0.3 is 4.90 Å². The van der Waals surface area contributed by atoms with Crippen molar-refractivity contribution in [3.05, 3.63) is 48.4 Å². The first kappa shape index (κ1) is 13.1. The van der Waals surface area contributed by atoms with E-state index in [9.17, 15) is 4.79 Å². The number of benzene rings is 1. The molecule has 4 rings (SSSR count). The topological polar surface area (TPSA) is 66.8 Å². The fourth-order valence-electron chi connectivity index (χ4n) is 3.18. The monoisotopic (exact) mass is 295 g/mol. The van der Waals surface area contributed by atoms with Gasteiger partial charge in [0.25, 0.3) is 5.91 Å². The number of likely N-dealkylation sites (tertiary alicyclic amines) is 1. The van der Waals surface area contributed by atoms with Crippen molar-refractivity contribution in [1.82, 2.24) is 24.9 Å². The number of nitrogens with one attached hydrogen (secondary N) is 1. The molecule has 0 saturated carbocycles. The smallest absolute Gasteiger partial charge is 0.275 e. The van der Waals surface area contributed by atoms with E-state index in [0.717, 1.165) is 36.8 Å². The molecule has 0 aliphatic carbocycles. The molecule has 0 unspecified atom stereocenters. The zero-order valence-electron chi connectivity index (χ0n) is 12.1. The molecule has 1 fully saturated rings. The Bertz CT molecular complexity index is 792. The SMILES string of the molecule is O=C(c1n[nH]c2ccccc12)N1CCC[C@@H]1Cn1cccn1. The minimum absolute atomic E-state index is 0.00658. The van der Waals surface area contributed by atoms with E-state index in [1.807, 2.05) is 46.1 Å². The molecule has 112 valence electrons. The van der Waals surface area contributed by atoms with Gasteiger partial charge in [0.05, 0.1) is 18.1 Å². The lowest BCUT2D eigenvalue weighted by Gasteiger charge is -2.24. The van der Waals surface area contributed by atoms with Crippen LogP contribution in [0.4, 0.5) is 0 Å². The molecule has 6 heteroatoms. The minimum Gasteiger partial charge on any atom is -0.332 e. The Labute approximate surface area is 127 Å². The second-order valence-electron chi connectivity index (χ2n) is 5.64. The van der Waals surface area contributed by atoms with Gasteiger partial charge in [-0.1, -0.05) is 18.2 Å². The van der Waals surface area contributed by atoms with Crippen molar-refractivity contribution in [1.29, 1.82) is 0 Å². The fourth-order valence-corrected chi connectivity index (χ4v) is 3.18. The number of carbonyl (C=O) groups is 1. The summed E-state index contributed by atoms with van der Waals surface area (Å²) in [7, 11) is 0. The molecule has 1 saturated heterocycles. The third kappa shape index (κ3) is 2.16. The van der Waals surface area contributed by atoms with Crippen molar-refractivity contribution >= 4 is 16.8 Å². The molecular formula is C16H17N5O. The van der Waals surface area contributed by atoms with E-state index in [1.165, 1.54) is 0 Å². The van der Waals surface area contributed by atoms with Crippen molar-refractivity contribution in [2.24, 2.45) is 0 Å². The Hall–Kier alpha value is -2.63. The van der Waals surface area contributed by atoms with E-state index in [4.69, 9.17) is 0 Å². The summed E-state index contributed by atoms with van der Waals surface area (Å²) in [6.07, 6.45) is 5.74. The predicted octanol–water partition coefficient (Wildman–Crippen LogP) is 2.06. The lowest BCUT2D eigenvalue weighted by Crippen LogP contribution is -2.38. The number of fused-ring (bicyclic) bond motifs is 1. The van der Waals surface area contributed by atoms with E-state index in [-0.39, 0.29) is 11.9 Å². The highest BCUT2D eigenvalue weighted by molar-refractivity contribution is 6.04. The van der Waals surface area contributed by atoms with Gasteiger partial charge in [0, 0.05) is 24.3 Å². The molecule has 6 nitrogen and oxygen atoms in total. The number of nitrogens with zero attached hydrogens (tertiary/aromatic N) is 4. The third-order valence-corrected chi connectivity index (χ3v) is 4.27. The van der Waals surface area contributed by atoms with Crippen LogP contribution >= 0.6 is 0 Å². The number of aromatic nitrogens is 4. The zero-order valence-corrected chi connectivity index (χ0v) is 12.1. The van der Waals surface area contributed by atoms with Gasteiger partial charge in [0.1, 0.15) is 0 Å². The Morgan fingerprint density at radius 3 is 3.09 bits per heavy atom. The van der Waals surface area contributed by atoms with Gasteiger partial charge in [-0.3, -0.25) is 14.6 Å². The van der Waals surface area contributed by atoms with E-state index >= 15 is 0 Å². The van der Waals surface area contributed by atoms with Gasteiger partial charge in [-0.05, 0) is 25.0 Å². The molecule has 1 aliphatic rings. The van der Waals surface area contributed by atoms with Crippen LogP contribution in [0.5, 0.6) is 0 Å². The van der Waals surface area contributed by atoms with Crippen LogP contribution in [-0.4, -0.2) is 43.4 Å². The van der Waals surface area contributed by atoms with Gasteiger partial charge in [0.15, 0.2) is 5.69 Å². The lowest BCUT2D eigenvalue weighted by atomic mass is 10.1. The predicted molar refractivity (Wildman–Crippen MR) is 82.4 cm³/mol. The lowest BCUT2D eigenvalue weighted by molar-refractivity contribution is 0.0717. The second kappa shape index (κ2) is 5.29. The van der Waals surface area contributed by atoms with Gasteiger partial charge in [0.2, 0.25) is 0 Å². The van der Waals surface area contributed by atoms with Crippen molar-refractivity contribution in [3.8, 4) is 0 Å². The fraction of sp³-hybridized carbons (Fsp3) is 0.312. The molecular weight excluding hydrogens is 278 g/mol. The first-order valence-corrected chi connectivity index (χ1v) is 7.54. The molecule has 1 N–H and O–H groups in total. The third-order valence-electron chi connectivity index (χ3n) is 4.27. The molecule has 1 atom stereocenters. The number of hydrogen-bond donors (Lipinski definition) is 1. The van der Waals surface area contributed by atoms with Crippen molar-refractivity contribution < 1.29 is 4.79 Å². The summed E-state index contributed by atoms with van der Waals surface area (Å²) in [5, 5.41) is 12.3. The van der Waals surface area contributed by atoms with Gasteiger partial charge >= 0.3 is 0 Å². The largest absolute Gasteiger partial charge is 0.332 e. The normalized spacial score (nSPS) is 18.2. The summed E-state index contributed by atoms with van der Waals surface area (Å²) in [6.45, 7) is 1.52. The molecule has 1 amide bonds. The maximum absolute atomic E-state index is 12.9. The number of H-pyrrole nitrogens is 1. The van der Waals surface area contributed by atoms with Crippen molar-refractivity contribution in [2.45, 2.75) is 25.4 Å². The molecule has 0 bridgehead atoms. The Morgan fingerprint density at radius 2 is 2.23 bits per heavy atom. The molecule has 22 heavy (non-hydrogen) atoms. The van der Waals surface area contributed by atoms with Crippen LogP contribution in [0.25, 0.3) is 10.9 Å². The summed E-state index contributed by atoms with van der Waals surface area (Å²) >= 11 is 0. The highest BCUT2D eigenvalue weighted by Crippen LogP contribution is 2.24. The summed E-state index contributed by atoms with van der Waals surface area (Å²) < 4.78 is 1.89. The van der Waals surface area contributed by atoms with Crippen molar-refractivity contribution in [2.75, 3.05) is 6.54 Å². The van der Waals surface area contributed by atoms with E-state index < -0.39 is 0 Å². The van der Waals surface area contributed by atoms with Gasteiger partial charge in [-0.2, -0.15) is 10.2 Å². The van der Waals surface area contributed by atoms with E-state index in [2.05, 4.69) is 15.3 Å². The Balaban J connectivity index is 1.61. The highest BCUT2D eigenvalue weighted by atomic mass is 16.2. The summed E-state index contributed by atoms with van der Waals surface area (Å²) in [6, 6.07) is 9.82. The van der Waals surface area contributed by atoms with Crippen LogP contribution in [0.1, 0.15) is 23.3 Å². The van der Waals surface area contributed by atoms with Crippen LogP contribution in [0, 0.1) is 0 Å². The first-order chi connectivity index (χ1) is 10.8. The Morgan fingerprint density at radius 1 is 1.32 bits per heavy atom. The number of hydrogen-bond acceptors (Lipinski definition) is 3. The Kier molecular flexibility index (Phi) is 3.14. The average Bonchev–Trinajstić information content (AvgIpc) is 3.27. The van der Waals surface area contributed by atoms with Crippen LogP contribution in [-0.2, 0) is 6.54 Å². The van der Waals surface area contributed by atoms with Crippen LogP contribution in [0.3, 0.4) is 0 Å². The molecule has 0 radical (unpaired) electrons. The molecule has 1 aliphatic heterocycles. The summed E-state index contributed by atoms with van der Waals surface area (Å²) in [5.74, 6) is 0.00658. The average molecular weight is 295 g/mol. The standard InChI is InChI=1S/C16H17N5O/c22-16(15-13-6-1-2-7-14(13)18-19-15)21-10-3-5-12(21)11-20-9-4-8-17-20/h1-2,4,6-9,12H,3,5,10-11H2,(H,18,19)/t12-/m1/s1. The maximum atomic E-state index is 12.9. The highest BCUT2D eigenvalue weighted by Gasteiger charge is 2.31. The number of para-hydroxylation sites is 1. The zero-order chi connectivity index (χ0) is 14.9.